The van der Waals surface area contributed by atoms with E-state index in [0.717, 1.165) is 0 Å². The topological polar surface area (TPSA) is 89.9 Å². The Morgan fingerprint density at radius 3 is 2.69 bits per heavy atom. The summed E-state index contributed by atoms with van der Waals surface area (Å²) in [6, 6.07) is -0.386. The maximum absolute atomic E-state index is 11.5. The third kappa shape index (κ3) is 3.41. The van der Waals surface area contributed by atoms with Crippen molar-refractivity contribution in [1.29, 1.82) is 0 Å². The number of carboxylic acid groups (broad SMARTS) is 1. The summed E-state index contributed by atoms with van der Waals surface area (Å²) in [4.78, 5) is 35.9. The number of hydrogen-bond donors (Lipinski definition) is 2. The van der Waals surface area contributed by atoms with E-state index in [1.165, 1.54) is 4.90 Å². The molecule has 0 bridgehead atoms. The van der Waals surface area contributed by atoms with Gasteiger partial charge in [0.15, 0.2) is 0 Å². The van der Waals surface area contributed by atoms with Gasteiger partial charge in [-0.15, -0.1) is 0 Å². The fourth-order valence-electron chi connectivity index (χ4n) is 1.32. The highest BCUT2D eigenvalue weighted by Crippen LogP contribution is 2.00. The van der Waals surface area contributed by atoms with Gasteiger partial charge in [0.25, 0.3) is 0 Å². The lowest BCUT2D eigenvalue weighted by atomic mass is 10.3. The minimum absolute atomic E-state index is 0.0510. The summed E-state index contributed by atoms with van der Waals surface area (Å²) in [7, 11) is 1.68. The Morgan fingerprint density at radius 1 is 1.44 bits per heavy atom. The van der Waals surface area contributed by atoms with Gasteiger partial charge in [0.2, 0.25) is 5.91 Å². The van der Waals surface area contributed by atoms with E-state index in [9.17, 15) is 14.4 Å². The van der Waals surface area contributed by atoms with Crippen molar-refractivity contribution in [3.05, 3.63) is 0 Å². The van der Waals surface area contributed by atoms with Crippen molar-refractivity contribution in [1.82, 2.24) is 15.1 Å². The molecule has 0 atom stereocenters. The number of likely N-dealkylation sites (N-methyl/N-ethyl adjacent to an activating group) is 1. The number of carbonyl (C=O) groups is 3. The highest BCUT2D eigenvalue weighted by molar-refractivity contribution is 5.85. The number of carboxylic acids is 1. The molecule has 0 aromatic rings. The molecule has 1 aliphatic heterocycles. The summed E-state index contributed by atoms with van der Waals surface area (Å²) >= 11 is 0. The van der Waals surface area contributed by atoms with Crippen LogP contribution in [0.2, 0.25) is 0 Å². The van der Waals surface area contributed by atoms with Crippen molar-refractivity contribution in [2.45, 2.75) is 6.42 Å². The zero-order valence-corrected chi connectivity index (χ0v) is 9.10. The van der Waals surface area contributed by atoms with E-state index in [1.54, 1.807) is 11.9 Å². The van der Waals surface area contributed by atoms with Crippen LogP contribution >= 0.6 is 0 Å². The Hall–Kier alpha value is -1.79. The quantitative estimate of drug-likeness (QED) is 0.645. The number of carbonyl (C=O) groups excluding carboxylic acids is 2. The van der Waals surface area contributed by atoms with Crippen molar-refractivity contribution in [2.75, 3.05) is 33.2 Å². The Labute approximate surface area is 93.0 Å². The largest absolute Gasteiger partial charge is 0.481 e. The van der Waals surface area contributed by atoms with E-state index in [0.29, 0.717) is 13.1 Å². The van der Waals surface area contributed by atoms with Crippen molar-refractivity contribution < 1.29 is 19.5 Å². The monoisotopic (exact) mass is 229 g/mol. The molecule has 0 spiro atoms. The molecule has 0 saturated carbocycles. The van der Waals surface area contributed by atoms with Gasteiger partial charge in [0, 0.05) is 26.7 Å². The summed E-state index contributed by atoms with van der Waals surface area (Å²) in [6.45, 7) is 1.11. The summed E-state index contributed by atoms with van der Waals surface area (Å²) < 4.78 is 0. The number of aliphatic carboxylic acids is 1. The highest BCUT2D eigenvalue weighted by Gasteiger charge is 2.24. The number of amides is 3. The molecule has 7 nitrogen and oxygen atoms in total. The molecule has 0 unspecified atom stereocenters. The van der Waals surface area contributed by atoms with Gasteiger partial charge in [0.1, 0.15) is 6.54 Å². The van der Waals surface area contributed by atoms with Gasteiger partial charge in [0.05, 0.1) is 6.42 Å². The maximum Gasteiger partial charge on any atom is 0.317 e. The molecule has 2 N–H and O–H groups in total. The van der Waals surface area contributed by atoms with E-state index in [4.69, 9.17) is 5.11 Å². The Morgan fingerprint density at radius 2 is 2.12 bits per heavy atom. The number of nitrogens with one attached hydrogen (secondary N) is 1. The van der Waals surface area contributed by atoms with Crippen LogP contribution in [-0.4, -0.2) is 66.0 Å². The molecule has 0 radical (unpaired) electrons. The molecule has 3 amide bonds. The normalized spacial score (nSPS) is 16.2. The molecule has 16 heavy (non-hydrogen) atoms. The molecule has 90 valence electrons. The van der Waals surface area contributed by atoms with Gasteiger partial charge in [-0.1, -0.05) is 0 Å². The average Bonchev–Trinajstić information content (AvgIpc) is 2.21. The lowest BCUT2D eigenvalue weighted by molar-refractivity contribution is -0.137. The van der Waals surface area contributed by atoms with Gasteiger partial charge >= 0.3 is 12.0 Å². The number of rotatable bonds is 3. The molecule has 1 fully saturated rings. The Kier molecular flexibility index (Phi) is 4.10. The van der Waals surface area contributed by atoms with Gasteiger partial charge < -0.3 is 20.2 Å². The summed E-state index contributed by atoms with van der Waals surface area (Å²) in [5.41, 5.74) is 0. The van der Waals surface area contributed by atoms with Crippen LogP contribution in [0, 0.1) is 0 Å². The van der Waals surface area contributed by atoms with Crippen molar-refractivity contribution in [2.24, 2.45) is 0 Å². The number of piperazine rings is 1. The Balaban J connectivity index is 2.32. The summed E-state index contributed by atoms with van der Waals surface area (Å²) in [5.74, 6) is -1.07. The molecule has 1 rings (SSSR count). The van der Waals surface area contributed by atoms with Gasteiger partial charge in [-0.05, 0) is 0 Å². The molecule has 0 aromatic carbocycles. The SMILES string of the molecule is CN1CCN(C(=O)NCCC(=O)O)CC1=O. The summed E-state index contributed by atoms with van der Waals surface area (Å²) in [6.07, 6.45) is -0.118. The van der Waals surface area contributed by atoms with Crippen LogP contribution in [-0.2, 0) is 9.59 Å². The number of hydrogen-bond acceptors (Lipinski definition) is 3. The molecule has 1 aliphatic rings. The first kappa shape index (κ1) is 12.3. The Bertz CT molecular complexity index is 305. The second-order valence-corrected chi connectivity index (χ2v) is 3.61. The minimum atomic E-state index is -0.963. The highest BCUT2D eigenvalue weighted by atomic mass is 16.4. The summed E-state index contributed by atoms with van der Waals surface area (Å²) in [5, 5.41) is 10.8. The molecule has 0 aromatic heterocycles. The molecule has 1 saturated heterocycles. The molecule has 1 heterocycles. The van der Waals surface area contributed by atoms with Gasteiger partial charge in [-0.3, -0.25) is 9.59 Å². The predicted octanol–water partition coefficient (Wildman–Crippen LogP) is -1.06. The first-order valence-corrected chi connectivity index (χ1v) is 4.99. The van der Waals surface area contributed by atoms with Crippen LogP contribution in [0.1, 0.15) is 6.42 Å². The predicted molar refractivity (Wildman–Crippen MR) is 54.9 cm³/mol. The smallest absolute Gasteiger partial charge is 0.317 e. The van der Waals surface area contributed by atoms with Crippen molar-refractivity contribution in [3.8, 4) is 0 Å². The maximum atomic E-state index is 11.5. The van der Waals surface area contributed by atoms with Crippen molar-refractivity contribution in [3.63, 3.8) is 0 Å². The zero-order chi connectivity index (χ0) is 12.1. The number of nitrogens with zero attached hydrogens (tertiary/aromatic N) is 2. The first-order valence-electron chi connectivity index (χ1n) is 4.99. The molecular weight excluding hydrogens is 214 g/mol. The molecule has 0 aliphatic carbocycles. The minimum Gasteiger partial charge on any atom is -0.481 e. The van der Waals surface area contributed by atoms with Crippen LogP contribution in [0.25, 0.3) is 0 Å². The second kappa shape index (κ2) is 5.34. The molecular formula is C9H15N3O4. The number of urea groups is 1. The first-order chi connectivity index (χ1) is 7.50. The van der Waals surface area contributed by atoms with E-state index in [-0.39, 0.29) is 31.4 Å². The van der Waals surface area contributed by atoms with E-state index >= 15 is 0 Å². The van der Waals surface area contributed by atoms with E-state index in [1.807, 2.05) is 0 Å². The lowest BCUT2D eigenvalue weighted by Crippen LogP contribution is -2.53. The fourth-order valence-corrected chi connectivity index (χ4v) is 1.32. The van der Waals surface area contributed by atoms with Crippen LogP contribution < -0.4 is 5.32 Å². The van der Waals surface area contributed by atoms with Gasteiger partial charge in [-0.25, -0.2) is 4.79 Å². The van der Waals surface area contributed by atoms with E-state index < -0.39 is 5.97 Å². The van der Waals surface area contributed by atoms with Crippen LogP contribution in [0.5, 0.6) is 0 Å². The zero-order valence-electron chi connectivity index (χ0n) is 9.10. The third-order valence-corrected chi connectivity index (χ3v) is 2.36. The average molecular weight is 229 g/mol. The standard InChI is InChI=1S/C9H15N3O4/c1-11-4-5-12(6-7(11)13)9(16)10-3-2-8(14)15/h2-6H2,1H3,(H,10,16)(H,14,15). The lowest BCUT2D eigenvalue weighted by Gasteiger charge is -2.31. The van der Waals surface area contributed by atoms with Crippen LogP contribution in [0.3, 0.4) is 0 Å². The third-order valence-electron chi connectivity index (χ3n) is 2.36. The van der Waals surface area contributed by atoms with Crippen molar-refractivity contribution >= 4 is 17.9 Å². The van der Waals surface area contributed by atoms with Crippen LogP contribution in [0.4, 0.5) is 4.79 Å². The molecule has 7 heteroatoms. The second-order valence-electron chi connectivity index (χ2n) is 3.61. The fraction of sp³-hybridized carbons (Fsp3) is 0.667. The van der Waals surface area contributed by atoms with Gasteiger partial charge in [-0.2, -0.15) is 0 Å². The van der Waals surface area contributed by atoms with Crippen LogP contribution in [0.15, 0.2) is 0 Å². The van der Waals surface area contributed by atoms with E-state index in [2.05, 4.69) is 5.32 Å².